The van der Waals surface area contributed by atoms with Crippen LogP contribution in [0.2, 0.25) is 0 Å². The standard InChI is InChI=1S/C24H22N4O3/c1-31-20-14-12-17(13-15-20)21(29)16-25-24(30)22-26-23(18-8-4-2-5-9-18)28(27-22)19-10-6-3-7-11-19/h2-15,21,29H,16H2,1H3,(H,25,30). The molecule has 31 heavy (non-hydrogen) atoms. The van der Waals surface area contributed by atoms with Crippen LogP contribution in [0.25, 0.3) is 17.1 Å². The third-order valence-electron chi connectivity index (χ3n) is 4.80. The molecular formula is C24H22N4O3. The lowest BCUT2D eigenvalue weighted by atomic mass is 10.1. The molecule has 1 aromatic heterocycles. The maximum absolute atomic E-state index is 12.7. The maximum atomic E-state index is 12.7. The highest BCUT2D eigenvalue weighted by atomic mass is 16.5. The molecule has 1 atom stereocenters. The molecule has 0 radical (unpaired) electrons. The Labute approximate surface area is 180 Å². The fraction of sp³-hybridized carbons (Fsp3) is 0.125. The van der Waals surface area contributed by atoms with Crippen LogP contribution in [0.5, 0.6) is 5.75 Å². The fourth-order valence-corrected chi connectivity index (χ4v) is 3.14. The Morgan fingerprint density at radius 3 is 2.29 bits per heavy atom. The molecule has 7 heteroatoms. The van der Waals surface area contributed by atoms with Gasteiger partial charge in [-0.1, -0.05) is 60.7 Å². The van der Waals surface area contributed by atoms with Gasteiger partial charge in [-0.25, -0.2) is 9.67 Å². The summed E-state index contributed by atoms with van der Waals surface area (Å²) in [6.45, 7) is 0.0334. The Kier molecular flexibility index (Phi) is 6.05. The zero-order chi connectivity index (χ0) is 21.6. The average Bonchev–Trinajstić information content (AvgIpc) is 3.29. The van der Waals surface area contributed by atoms with E-state index >= 15 is 0 Å². The van der Waals surface area contributed by atoms with Gasteiger partial charge in [0.15, 0.2) is 5.82 Å². The summed E-state index contributed by atoms with van der Waals surface area (Å²) in [5.41, 5.74) is 2.32. The van der Waals surface area contributed by atoms with Gasteiger partial charge >= 0.3 is 0 Å². The van der Waals surface area contributed by atoms with Crippen molar-refractivity contribution in [1.29, 1.82) is 0 Å². The van der Waals surface area contributed by atoms with Gasteiger partial charge in [0.25, 0.3) is 5.91 Å². The number of aliphatic hydroxyl groups is 1. The van der Waals surface area contributed by atoms with Gasteiger partial charge in [0.1, 0.15) is 5.75 Å². The van der Waals surface area contributed by atoms with E-state index in [9.17, 15) is 9.90 Å². The number of hydrogen-bond acceptors (Lipinski definition) is 5. The first kappa shape index (κ1) is 20.3. The Morgan fingerprint density at radius 2 is 1.65 bits per heavy atom. The van der Waals surface area contributed by atoms with Crippen molar-refractivity contribution in [1.82, 2.24) is 20.1 Å². The van der Waals surface area contributed by atoms with Crippen LogP contribution in [-0.4, -0.2) is 39.4 Å². The number of carbonyl (C=O) groups is 1. The first-order valence-electron chi connectivity index (χ1n) is 9.84. The molecule has 3 aromatic carbocycles. The molecule has 0 aliphatic rings. The van der Waals surface area contributed by atoms with Gasteiger partial charge in [0.05, 0.1) is 18.9 Å². The van der Waals surface area contributed by atoms with Gasteiger partial charge in [-0.2, -0.15) is 0 Å². The first-order valence-corrected chi connectivity index (χ1v) is 9.84. The van der Waals surface area contributed by atoms with Crippen LogP contribution in [-0.2, 0) is 0 Å². The molecule has 7 nitrogen and oxygen atoms in total. The zero-order valence-electron chi connectivity index (χ0n) is 17.0. The number of aromatic nitrogens is 3. The first-order chi connectivity index (χ1) is 15.2. The molecule has 1 heterocycles. The number of nitrogens with zero attached hydrogens (tertiary/aromatic N) is 3. The number of carbonyl (C=O) groups excluding carboxylic acids is 1. The highest BCUT2D eigenvalue weighted by Gasteiger charge is 2.19. The number of amides is 1. The third kappa shape index (κ3) is 4.62. The monoisotopic (exact) mass is 414 g/mol. The van der Waals surface area contributed by atoms with E-state index in [0.717, 1.165) is 11.3 Å². The van der Waals surface area contributed by atoms with E-state index in [-0.39, 0.29) is 12.4 Å². The van der Waals surface area contributed by atoms with Gasteiger partial charge in [0.2, 0.25) is 5.82 Å². The minimum absolute atomic E-state index is 0.0321. The van der Waals surface area contributed by atoms with E-state index in [1.807, 2.05) is 60.7 Å². The second-order valence-electron chi connectivity index (χ2n) is 6.87. The smallest absolute Gasteiger partial charge is 0.291 e. The Balaban J connectivity index is 1.54. The second kappa shape index (κ2) is 9.23. The second-order valence-corrected chi connectivity index (χ2v) is 6.87. The molecule has 0 spiro atoms. The Hall–Kier alpha value is -3.97. The number of hydrogen-bond donors (Lipinski definition) is 2. The summed E-state index contributed by atoms with van der Waals surface area (Å²) in [4.78, 5) is 17.2. The molecular weight excluding hydrogens is 392 g/mol. The molecule has 2 N–H and O–H groups in total. The van der Waals surface area contributed by atoms with Gasteiger partial charge in [-0.05, 0) is 29.8 Å². The topological polar surface area (TPSA) is 89.3 Å². The molecule has 0 saturated heterocycles. The van der Waals surface area contributed by atoms with Crippen molar-refractivity contribution in [3.8, 4) is 22.8 Å². The third-order valence-corrected chi connectivity index (χ3v) is 4.80. The summed E-state index contributed by atoms with van der Waals surface area (Å²) in [5, 5.41) is 17.5. The van der Waals surface area contributed by atoms with Crippen LogP contribution in [0, 0.1) is 0 Å². The van der Waals surface area contributed by atoms with Crippen LogP contribution < -0.4 is 10.1 Å². The lowest BCUT2D eigenvalue weighted by Crippen LogP contribution is -2.29. The number of para-hydroxylation sites is 1. The van der Waals surface area contributed by atoms with Crippen LogP contribution in [0.15, 0.2) is 84.9 Å². The molecule has 0 aliphatic heterocycles. The Morgan fingerprint density at radius 1 is 1.00 bits per heavy atom. The van der Waals surface area contributed by atoms with E-state index in [1.54, 1.807) is 36.1 Å². The average molecular weight is 414 g/mol. The molecule has 0 fully saturated rings. The highest BCUT2D eigenvalue weighted by molar-refractivity contribution is 5.91. The van der Waals surface area contributed by atoms with E-state index < -0.39 is 12.0 Å². The fourth-order valence-electron chi connectivity index (χ4n) is 3.14. The highest BCUT2D eigenvalue weighted by Crippen LogP contribution is 2.21. The van der Waals surface area contributed by atoms with E-state index in [2.05, 4.69) is 15.4 Å². The van der Waals surface area contributed by atoms with Gasteiger partial charge < -0.3 is 15.2 Å². The van der Waals surface area contributed by atoms with E-state index in [0.29, 0.717) is 17.1 Å². The van der Waals surface area contributed by atoms with Crippen molar-refractivity contribution < 1.29 is 14.6 Å². The summed E-state index contributed by atoms with van der Waals surface area (Å²) in [5.74, 6) is 0.834. The SMILES string of the molecule is COc1ccc(C(O)CNC(=O)c2nc(-c3ccccc3)n(-c3ccccc3)n2)cc1. The number of aliphatic hydroxyl groups excluding tert-OH is 1. The number of nitrogens with one attached hydrogen (secondary N) is 1. The number of benzene rings is 3. The van der Waals surface area contributed by atoms with Crippen molar-refractivity contribution in [3.05, 3.63) is 96.3 Å². The maximum Gasteiger partial charge on any atom is 0.291 e. The number of ether oxygens (including phenoxy) is 1. The quantitative estimate of drug-likeness (QED) is 0.484. The number of rotatable bonds is 7. The van der Waals surface area contributed by atoms with E-state index in [1.165, 1.54) is 0 Å². The molecule has 156 valence electrons. The predicted molar refractivity (Wildman–Crippen MR) is 117 cm³/mol. The lowest BCUT2D eigenvalue weighted by Gasteiger charge is -2.12. The summed E-state index contributed by atoms with van der Waals surface area (Å²) in [7, 11) is 1.58. The molecule has 1 amide bonds. The molecule has 0 bridgehead atoms. The largest absolute Gasteiger partial charge is 0.497 e. The van der Waals surface area contributed by atoms with Crippen molar-refractivity contribution in [3.63, 3.8) is 0 Å². The Bertz CT molecular complexity index is 1090. The van der Waals surface area contributed by atoms with E-state index in [4.69, 9.17) is 4.74 Å². The molecule has 0 saturated carbocycles. The van der Waals surface area contributed by atoms with Crippen molar-refractivity contribution in [2.45, 2.75) is 6.10 Å². The van der Waals surface area contributed by atoms with Crippen LogP contribution in [0.1, 0.15) is 22.3 Å². The van der Waals surface area contributed by atoms with Gasteiger partial charge in [-0.15, -0.1) is 5.10 Å². The molecule has 1 unspecified atom stereocenters. The van der Waals surface area contributed by atoms with Gasteiger partial charge in [-0.3, -0.25) is 4.79 Å². The molecule has 4 rings (SSSR count). The molecule has 4 aromatic rings. The normalized spacial score (nSPS) is 11.7. The van der Waals surface area contributed by atoms with Crippen LogP contribution >= 0.6 is 0 Å². The van der Waals surface area contributed by atoms with Crippen LogP contribution in [0.3, 0.4) is 0 Å². The van der Waals surface area contributed by atoms with Crippen LogP contribution in [0.4, 0.5) is 0 Å². The minimum Gasteiger partial charge on any atom is -0.497 e. The van der Waals surface area contributed by atoms with Gasteiger partial charge in [0, 0.05) is 12.1 Å². The summed E-state index contributed by atoms with van der Waals surface area (Å²) in [6, 6.07) is 26.1. The summed E-state index contributed by atoms with van der Waals surface area (Å²) >= 11 is 0. The van der Waals surface area contributed by atoms with Crippen molar-refractivity contribution in [2.75, 3.05) is 13.7 Å². The zero-order valence-corrected chi connectivity index (χ0v) is 17.0. The lowest BCUT2D eigenvalue weighted by molar-refractivity contribution is 0.0906. The van der Waals surface area contributed by atoms with Crippen molar-refractivity contribution in [2.24, 2.45) is 0 Å². The predicted octanol–water partition coefficient (Wildman–Crippen LogP) is 3.41. The summed E-state index contributed by atoms with van der Waals surface area (Å²) < 4.78 is 6.76. The van der Waals surface area contributed by atoms with Crippen molar-refractivity contribution >= 4 is 5.91 Å². The molecule has 0 aliphatic carbocycles. The summed E-state index contributed by atoms with van der Waals surface area (Å²) in [6.07, 6.45) is -0.861. The minimum atomic E-state index is -0.861. The number of methoxy groups -OCH3 is 1.